The molecular formula is C16H22Br2N2O. The van der Waals surface area contributed by atoms with Crippen LogP contribution in [0.2, 0.25) is 0 Å². The molecule has 21 heavy (non-hydrogen) atoms. The van der Waals surface area contributed by atoms with Crippen LogP contribution in [0.25, 0.3) is 0 Å². The van der Waals surface area contributed by atoms with Crippen LogP contribution in [0.15, 0.2) is 27.1 Å². The van der Waals surface area contributed by atoms with Gasteiger partial charge < -0.3 is 10.1 Å². The summed E-state index contributed by atoms with van der Waals surface area (Å²) in [4.78, 5) is 2.65. The Morgan fingerprint density at radius 3 is 2.29 bits per heavy atom. The van der Waals surface area contributed by atoms with Gasteiger partial charge in [0.1, 0.15) is 0 Å². The summed E-state index contributed by atoms with van der Waals surface area (Å²) in [6.45, 7) is 6.26. The summed E-state index contributed by atoms with van der Waals surface area (Å²) in [5.74, 6) is 0.693. The van der Waals surface area contributed by atoms with E-state index in [0.717, 1.165) is 48.3 Å². The van der Waals surface area contributed by atoms with Gasteiger partial charge in [0.15, 0.2) is 0 Å². The van der Waals surface area contributed by atoms with Gasteiger partial charge in [0.25, 0.3) is 0 Å². The summed E-state index contributed by atoms with van der Waals surface area (Å²) >= 11 is 7.29. The van der Waals surface area contributed by atoms with Crippen LogP contribution in [-0.4, -0.2) is 44.3 Å². The smallest absolute Gasteiger partial charge is 0.0469 e. The van der Waals surface area contributed by atoms with E-state index in [2.05, 4.69) is 60.3 Å². The van der Waals surface area contributed by atoms with Crippen molar-refractivity contribution in [1.29, 1.82) is 0 Å². The summed E-state index contributed by atoms with van der Waals surface area (Å²) in [5.41, 5.74) is 1.42. The first-order valence-corrected chi connectivity index (χ1v) is 9.31. The lowest BCUT2D eigenvalue weighted by Crippen LogP contribution is -2.47. The van der Waals surface area contributed by atoms with Crippen molar-refractivity contribution in [2.45, 2.75) is 18.9 Å². The lowest BCUT2D eigenvalue weighted by molar-refractivity contribution is 0.0213. The minimum Gasteiger partial charge on any atom is -0.381 e. The molecule has 0 saturated carbocycles. The first-order chi connectivity index (χ1) is 10.2. The number of hydrogen-bond donors (Lipinski definition) is 1. The minimum absolute atomic E-state index is 0.504. The number of rotatable bonds is 3. The average molecular weight is 418 g/mol. The summed E-state index contributed by atoms with van der Waals surface area (Å²) in [6.07, 6.45) is 2.33. The van der Waals surface area contributed by atoms with Gasteiger partial charge in [0, 0.05) is 54.4 Å². The van der Waals surface area contributed by atoms with Crippen LogP contribution in [0.4, 0.5) is 0 Å². The van der Waals surface area contributed by atoms with Crippen LogP contribution in [0.5, 0.6) is 0 Å². The Labute approximate surface area is 143 Å². The molecule has 3 nitrogen and oxygen atoms in total. The molecular weight excluding hydrogens is 396 g/mol. The molecule has 2 aliphatic rings. The van der Waals surface area contributed by atoms with Crippen molar-refractivity contribution < 1.29 is 4.74 Å². The maximum atomic E-state index is 5.57. The molecule has 1 N–H and O–H groups in total. The van der Waals surface area contributed by atoms with E-state index >= 15 is 0 Å². The van der Waals surface area contributed by atoms with Crippen molar-refractivity contribution >= 4 is 31.9 Å². The fourth-order valence-corrected chi connectivity index (χ4v) is 4.85. The minimum atomic E-state index is 0.504. The fourth-order valence-electron chi connectivity index (χ4n) is 3.52. The monoisotopic (exact) mass is 416 g/mol. The zero-order valence-electron chi connectivity index (χ0n) is 12.2. The Bertz CT molecular complexity index is 433. The van der Waals surface area contributed by atoms with Crippen LogP contribution < -0.4 is 5.32 Å². The molecule has 0 spiro atoms. The second kappa shape index (κ2) is 7.55. The second-order valence-corrected chi connectivity index (χ2v) is 7.71. The number of nitrogens with one attached hydrogen (secondary N) is 1. The Morgan fingerprint density at radius 1 is 1.05 bits per heavy atom. The molecule has 0 aliphatic carbocycles. The summed E-state index contributed by atoms with van der Waals surface area (Å²) in [6, 6.07) is 7.19. The lowest BCUT2D eigenvalue weighted by atomic mass is 9.85. The molecule has 116 valence electrons. The normalized spacial score (nSPS) is 23.1. The second-order valence-electron chi connectivity index (χ2n) is 5.88. The van der Waals surface area contributed by atoms with Gasteiger partial charge in [-0.3, -0.25) is 4.90 Å². The summed E-state index contributed by atoms with van der Waals surface area (Å²) in [5, 5.41) is 3.46. The summed E-state index contributed by atoms with van der Waals surface area (Å²) < 4.78 is 7.87. The van der Waals surface area contributed by atoms with Crippen molar-refractivity contribution in [2.75, 3.05) is 39.4 Å². The molecule has 1 aromatic carbocycles. The Morgan fingerprint density at radius 2 is 1.67 bits per heavy atom. The van der Waals surface area contributed by atoms with Gasteiger partial charge in [0.05, 0.1) is 0 Å². The molecule has 2 aliphatic heterocycles. The third-order valence-corrected chi connectivity index (χ3v) is 5.40. The zero-order valence-corrected chi connectivity index (χ0v) is 15.3. The van der Waals surface area contributed by atoms with E-state index in [4.69, 9.17) is 4.74 Å². The van der Waals surface area contributed by atoms with Crippen LogP contribution >= 0.6 is 31.9 Å². The van der Waals surface area contributed by atoms with E-state index in [1.807, 2.05) is 0 Å². The Hall–Kier alpha value is 0.0600. The molecule has 2 heterocycles. The van der Waals surface area contributed by atoms with Gasteiger partial charge in [-0.15, -0.1) is 0 Å². The van der Waals surface area contributed by atoms with Crippen LogP contribution in [0, 0.1) is 5.92 Å². The van der Waals surface area contributed by atoms with E-state index in [1.54, 1.807) is 0 Å². The van der Waals surface area contributed by atoms with Gasteiger partial charge in [-0.2, -0.15) is 0 Å². The number of nitrogens with zero attached hydrogens (tertiary/aromatic N) is 1. The predicted molar refractivity (Wildman–Crippen MR) is 92.6 cm³/mol. The zero-order chi connectivity index (χ0) is 14.7. The van der Waals surface area contributed by atoms with Crippen LogP contribution in [-0.2, 0) is 4.74 Å². The molecule has 0 amide bonds. The van der Waals surface area contributed by atoms with Crippen molar-refractivity contribution in [3.05, 3.63) is 32.7 Å². The van der Waals surface area contributed by atoms with Gasteiger partial charge in [0.2, 0.25) is 0 Å². The fraction of sp³-hybridized carbons (Fsp3) is 0.625. The first-order valence-electron chi connectivity index (χ1n) is 7.72. The molecule has 3 rings (SSSR count). The highest BCUT2D eigenvalue weighted by molar-refractivity contribution is 9.11. The highest BCUT2D eigenvalue weighted by atomic mass is 79.9. The van der Waals surface area contributed by atoms with Gasteiger partial charge in [-0.1, -0.05) is 31.9 Å². The van der Waals surface area contributed by atoms with Crippen molar-refractivity contribution in [3.8, 4) is 0 Å². The molecule has 0 bridgehead atoms. The standard InChI is InChI=1S/C16H22Br2N2O/c17-14-9-13(10-15(18)11-14)16(12-1-7-21-8-2-12)20-5-3-19-4-6-20/h9-12,16,19H,1-8H2/t16-/m1/s1. The third kappa shape index (κ3) is 4.08. The average Bonchev–Trinajstić information content (AvgIpc) is 2.49. The van der Waals surface area contributed by atoms with Gasteiger partial charge >= 0.3 is 0 Å². The molecule has 0 aromatic heterocycles. The number of ether oxygens (including phenoxy) is 1. The SMILES string of the molecule is Brc1cc(Br)cc([C@@H](C2CCOCC2)N2CCNCC2)c1. The third-order valence-electron chi connectivity index (χ3n) is 4.48. The largest absolute Gasteiger partial charge is 0.381 e. The summed E-state index contributed by atoms with van der Waals surface area (Å²) in [7, 11) is 0. The molecule has 0 unspecified atom stereocenters. The predicted octanol–water partition coefficient (Wildman–Crippen LogP) is 3.58. The van der Waals surface area contributed by atoms with E-state index < -0.39 is 0 Å². The Kier molecular flexibility index (Phi) is 5.73. The number of piperazine rings is 1. The number of halogens is 2. The van der Waals surface area contributed by atoms with E-state index in [0.29, 0.717) is 12.0 Å². The molecule has 0 radical (unpaired) electrons. The van der Waals surface area contributed by atoms with Crippen LogP contribution in [0.1, 0.15) is 24.4 Å². The topological polar surface area (TPSA) is 24.5 Å². The first kappa shape index (κ1) is 15.9. The van der Waals surface area contributed by atoms with Crippen molar-refractivity contribution in [3.63, 3.8) is 0 Å². The van der Waals surface area contributed by atoms with Gasteiger partial charge in [-0.05, 0) is 42.5 Å². The lowest BCUT2D eigenvalue weighted by Gasteiger charge is -2.41. The molecule has 1 aromatic rings. The van der Waals surface area contributed by atoms with E-state index in [9.17, 15) is 0 Å². The quantitative estimate of drug-likeness (QED) is 0.813. The van der Waals surface area contributed by atoms with Crippen LogP contribution in [0.3, 0.4) is 0 Å². The Balaban J connectivity index is 1.89. The number of benzene rings is 1. The molecule has 2 saturated heterocycles. The molecule has 2 fully saturated rings. The van der Waals surface area contributed by atoms with E-state index in [1.165, 1.54) is 18.4 Å². The molecule has 1 atom stereocenters. The number of hydrogen-bond acceptors (Lipinski definition) is 3. The van der Waals surface area contributed by atoms with Crippen molar-refractivity contribution in [2.24, 2.45) is 5.92 Å². The highest BCUT2D eigenvalue weighted by Crippen LogP contribution is 2.37. The van der Waals surface area contributed by atoms with E-state index in [-0.39, 0.29) is 0 Å². The highest BCUT2D eigenvalue weighted by Gasteiger charge is 2.31. The maximum absolute atomic E-state index is 5.57. The van der Waals surface area contributed by atoms with Crippen molar-refractivity contribution in [1.82, 2.24) is 10.2 Å². The maximum Gasteiger partial charge on any atom is 0.0469 e. The van der Waals surface area contributed by atoms with Gasteiger partial charge in [-0.25, -0.2) is 0 Å². The molecule has 5 heteroatoms.